The van der Waals surface area contributed by atoms with E-state index < -0.39 is 0 Å². The average molecular weight is 284 g/mol. The van der Waals surface area contributed by atoms with Crippen LogP contribution in [0.2, 0.25) is 0 Å². The van der Waals surface area contributed by atoms with Gasteiger partial charge in [0.05, 0.1) is 18.2 Å². The lowest BCUT2D eigenvalue weighted by molar-refractivity contribution is -0.0220. The lowest BCUT2D eigenvalue weighted by Gasteiger charge is -2.30. The van der Waals surface area contributed by atoms with Crippen LogP contribution < -0.4 is 5.73 Å². The van der Waals surface area contributed by atoms with Gasteiger partial charge in [-0.3, -0.25) is 0 Å². The summed E-state index contributed by atoms with van der Waals surface area (Å²) in [6, 6.07) is 10.2. The largest absolute Gasteiger partial charge is 0.383 e. The summed E-state index contributed by atoms with van der Waals surface area (Å²) in [4.78, 5) is 4.48. The summed E-state index contributed by atoms with van der Waals surface area (Å²) >= 11 is 0. The zero-order chi connectivity index (χ0) is 14.7. The number of para-hydroxylation sites is 1. The minimum Gasteiger partial charge on any atom is -0.383 e. The van der Waals surface area contributed by atoms with Gasteiger partial charge in [-0.2, -0.15) is 0 Å². The molecule has 1 aliphatic carbocycles. The highest BCUT2D eigenvalue weighted by molar-refractivity contribution is 5.81. The number of nitrogen functional groups attached to an aromatic ring is 1. The quantitative estimate of drug-likeness (QED) is 0.910. The van der Waals surface area contributed by atoms with Crippen molar-refractivity contribution in [3.8, 4) is 0 Å². The number of nitrogens with two attached hydrogens (primary N) is 1. The number of fused-ring (bicyclic) bond motifs is 1. The molecule has 1 fully saturated rings. The number of ether oxygens (including phenoxy) is 1. The molecule has 2 aromatic rings. The SMILES string of the molecule is CCC1CCCCC1OCc1cc2ccccc2nc1N. The van der Waals surface area contributed by atoms with Gasteiger partial charge in [-0.05, 0) is 30.9 Å². The molecule has 1 saturated carbocycles. The zero-order valence-electron chi connectivity index (χ0n) is 12.7. The summed E-state index contributed by atoms with van der Waals surface area (Å²) < 4.78 is 6.18. The molecule has 0 saturated heterocycles. The number of hydrogen-bond donors (Lipinski definition) is 1. The molecule has 1 aromatic carbocycles. The lowest BCUT2D eigenvalue weighted by atomic mass is 9.85. The van der Waals surface area contributed by atoms with Gasteiger partial charge in [0.15, 0.2) is 0 Å². The minimum absolute atomic E-state index is 0.384. The van der Waals surface area contributed by atoms with Crippen LogP contribution in [0.3, 0.4) is 0 Å². The van der Waals surface area contributed by atoms with E-state index in [0.717, 1.165) is 16.5 Å². The van der Waals surface area contributed by atoms with Crippen LogP contribution in [0.15, 0.2) is 30.3 Å². The Kier molecular flexibility index (Phi) is 4.39. The highest BCUT2D eigenvalue weighted by atomic mass is 16.5. The van der Waals surface area contributed by atoms with E-state index in [4.69, 9.17) is 10.5 Å². The standard InChI is InChI=1S/C18H24N2O/c1-2-13-7-4-6-10-17(13)21-12-15-11-14-8-3-5-9-16(14)20-18(15)19/h3,5,8-9,11,13,17H,2,4,6-7,10,12H2,1H3,(H2,19,20). The molecule has 0 aliphatic heterocycles. The first-order chi connectivity index (χ1) is 10.3. The van der Waals surface area contributed by atoms with Crippen LogP contribution in [0.5, 0.6) is 0 Å². The predicted octanol–water partition coefficient (Wildman–Crippen LogP) is 4.30. The summed E-state index contributed by atoms with van der Waals surface area (Å²) in [6.45, 7) is 2.84. The lowest BCUT2D eigenvalue weighted by Crippen LogP contribution is -2.27. The van der Waals surface area contributed by atoms with Crippen LogP contribution in [0, 0.1) is 5.92 Å². The van der Waals surface area contributed by atoms with Crippen LogP contribution in [0.25, 0.3) is 10.9 Å². The number of hydrogen-bond acceptors (Lipinski definition) is 3. The van der Waals surface area contributed by atoms with Crippen LogP contribution in [0.1, 0.15) is 44.6 Å². The highest BCUT2D eigenvalue weighted by Crippen LogP contribution is 2.30. The van der Waals surface area contributed by atoms with Gasteiger partial charge in [0.2, 0.25) is 0 Å². The number of aromatic nitrogens is 1. The molecule has 3 nitrogen and oxygen atoms in total. The van der Waals surface area contributed by atoms with Gasteiger partial charge in [-0.1, -0.05) is 44.4 Å². The fraction of sp³-hybridized carbons (Fsp3) is 0.500. The van der Waals surface area contributed by atoms with Crippen molar-refractivity contribution in [2.75, 3.05) is 5.73 Å². The van der Waals surface area contributed by atoms with E-state index in [1.807, 2.05) is 18.2 Å². The summed E-state index contributed by atoms with van der Waals surface area (Å²) in [5.74, 6) is 1.30. The molecule has 3 rings (SSSR count). The molecule has 2 atom stereocenters. The Morgan fingerprint density at radius 3 is 2.90 bits per heavy atom. The third-order valence-corrected chi connectivity index (χ3v) is 4.65. The van der Waals surface area contributed by atoms with E-state index in [-0.39, 0.29) is 0 Å². The van der Waals surface area contributed by atoms with Crippen molar-refractivity contribution < 1.29 is 4.74 Å². The molecule has 0 spiro atoms. The van der Waals surface area contributed by atoms with Crippen LogP contribution in [0.4, 0.5) is 5.82 Å². The predicted molar refractivity (Wildman–Crippen MR) is 87.0 cm³/mol. The van der Waals surface area contributed by atoms with E-state index in [9.17, 15) is 0 Å². The maximum absolute atomic E-state index is 6.18. The van der Waals surface area contributed by atoms with Crippen molar-refractivity contribution in [1.82, 2.24) is 4.98 Å². The van der Waals surface area contributed by atoms with Gasteiger partial charge in [0, 0.05) is 10.9 Å². The van der Waals surface area contributed by atoms with Gasteiger partial charge in [-0.15, -0.1) is 0 Å². The van der Waals surface area contributed by atoms with Gasteiger partial charge in [0.1, 0.15) is 5.82 Å². The summed E-state index contributed by atoms with van der Waals surface area (Å²) in [5, 5.41) is 1.13. The Morgan fingerprint density at radius 2 is 2.05 bits per heavy atom. The Bertz CT molecular complexity index is 611. The molecule has 1 aliphatic rings. The number of rotatable bonds is 4. The fourth-order valence-corrected chi connectivity index (χ4v) is 3.35. The second-order valence-corrected chi connectivity index (χ2v) is 6.03. The summed E-state index contributed by atoms with van der Waals surface area (Å²) in [7, 11) is 0. The molecular formula is C18H24N2O. The van der Waals surface area contributed by atoms with Crippen molar-refractivity contribution in [3.05, 3.63) is 35.9 Å². The van der Waals surface area contributed by atoms with Crippen molar-refractivity contribution in [1.29, 1.82) is 0 Å². The van der Waals surface area contributed by atoms with Gasteiger partial charge >= 0.3 is 0 Å². The zero-order valence-corrected chi connectivity index (χ0v) is 12.7. The molecule has 112 valence electrons. The van der Waals surface area contributed by atoms with Gasteiger partial charge in [-0.25, -0.2) is 4.98 Å². The molecule has 2 unspecified atom stereocenters. The molecule has 0 bridgehead atoms. The maximum Gasteiger partial charge on any atom is 0.129 e. The number of pyridine rings is 1. The molecule has 21 heavy (non-hydrogen) atoms. The molecule has 3 heteroatoms. The third-order valence-electron chi connectivity index (χ3n) is 4.65. The van der Waals surface area contributed by atoms with Crippen LogP contribution >= 0.6 is 0 Å². The van der Waals surface area contributed by atoms with Crippen molar-refractivity contribution >= 4 is 16.7 Å². The van der Waals surface area contributed by atoms with Gasteiger partial charge in [0.25, 0.3) is 0 Å². The Balaban J connectivity index is 1.73. The average Bonchev–Trinajstić information content (AvgIpc) is 2.53. The second kappa shape index (κ2) is 6.44. The molecule has 0 amide bonds. The Labute approximate surface area is 126 Å². The van der Waals surface area contributed by atoms with Crippen molar-refractivity contribution in [2.24, 2.45) is 5.92 Å². The van der Waals surface area contributed by atoms with E-state index in [1.54, 1.807) is 0 Å². The molecule has 1 heterocycles. The molecule has 1 aromatic heterocycles. The number of anilines is 1. The first-order valence-electron chi connectivity index (χ1n) is 8.03. The van der Waals surface area contributed by atoms with Crippen molar-refractivity contribution in [2.45, 2.75) is 51.7 Å². The fourth-order valence-electron chi connectivity index (χ4n) is 3.35. The Morgan fingerprint density at radius 1 is 1.24 bits per heavy atom. The first-order valence-corrected chi connectivity index (χ1v) is 8.03. The minimum atomic E-state index is 0.384. The van der Waals surface area contributed by atoms with Crippen LogP contribution in [-0.4, -0.2) is 11.1 Å². The normalized spacial score (nSPS) is 22.5. The molecule has 0 radical (unpaired) electrons. The molecule has 2 N–H and O–H groups in total. The smallest absolute Gasteiger partial charge is 0.129 e. The maximum atomic E-state index is 6.18. The van der Waals surface area contributed by atoms with E-state index >= 15 is 0 Å². The summed E-state index contributed by atoms with van der Waals surface area (Å²) in [5.41, 5.74) is 8.03. The van der Waals surface area contributed by atoms with Crippen molar-refractivity contribution in [3.63, 3.8) is 0 Å². The van der Waals surface area contributed by atoms with E-state index in [2.05, 4.69) is 24.0 Å². The van der Waals surface area contributed by atoms with Crippen LogP contribution in [-0.2, 0) is 11.3 Å². The number of nitrogens with zero attached hydrogens (tertiary/aromatic N) is 1. The summed E-state index contributed by atoms with van der Waals surface area (Å²) in [6.07, 6.45) is 6.70. The topological polar surface area (TPSA) is 48.1 Å². The Hall–Kier alpha value is -1.61. The van der Waals surface area contributed by atoms with Gasteiger partial charge < -0.3 is 10.5 Å². The molecular weight excluding hydrogens is 260 g/mol. The third kappa shape index (κ3) is 3.18. The number of benzene rings is 1. The monoisotopic (exact) mass is 284 g/mol. The van der Waals surface area contributed by atoms with E-state index in [0.29, 0.717) is 24.4 Å². The highest BCUT2D eigenvalue weighted by Gasteiger charge is 2.24. The second-order valence-electron chi connectivity index (χ2n) is 6.03. The van der Waals surface area contributed by atoms with E-state index in [1.165, 1.54) is 32.1 Å². The first kappa shape index (κ1) is 14.3.